The number of fused-ring (bicyclic) bond motifs is 4. The third-order valence-corrected chi connectivity index (χ3v) is 8.49. The van der Waals surface area contributed by atoms with Crippen LogP contribution in [0, 0.1) is 0 Å². The van der Waals surface area contributed by atoms with Crippen molar-refractivity contribution >= 4 is 46.5 Å². The normalized spacial score (nSPS) is 13.6. The molecule has 0 amide bonds. The highest BCUT2D eigenvalue weighted by molar-refractivity contribution is 8.00. The average molecular weight is 483 g/mol. The first-order valence-corrected chi connectivity index (χ1v) is 13.5. The number of anilines is 4. The second-order valence-corrected chi connectivity index (χ2v) is 10.7. The summed E-state index contributed by atoms with van der Waals surface area (Å²) in [6, 6.07) is 25.8. The Hall–Kier alpha value is -2.96. The Morgan fingerprint density at radius 2 is 0.941 bits per heavy atom. The van der Waals surface area contributed by atoms with E-state index in [1.807, 2.05) is 48.1 Å². The monoisotopic (exact) mass is 482 g/mol. The van der Waals surface area contributed by atoms with E-state index in [9.17, 15) is 0 Å². The predicted octanol–water partition coefficient (Wildman–Crippen LogP) is 7.94. The fourth-order valence-corrected chi connectivity index (χ4v) is 6.81. The fourth-order valence-electron chi connectivity index (χ4n) is 4.67. The maximum absolute atomic E-state index is 4.71. The molecule has 0 spiro atoms. The van der Waals surface area contributed by atoms with E-state index in [2.05, 4.69) is 70.5 Å². The Morgan fingerprint density at radius 3 is 1.44 bits per heavy atom. The molecule has 0 N–H and O–H groups in total. The minimum absolute atomic E-state index is 0.995. The highest BCUT2D eigenvalue weighted by Gasteiger charge is 2.25. The van der Waals surface area contributed by atoms with Crippen molar-refractivity contribution in [3.05, 3.63) is 85.2 Å². The molecule has 0 bridgehead atoms. The molecule has 2 aromatic heterocycles. The molecular weight excluding hydrogens is 456 g/mol. The molecule has 0 radical (unpaired) electrons. The first kappa shape index (κ1) is 21.6. The SMILES string of the molecule is c1ccc2c(c1)Sc1cccnc1N2CCCCCCN1c2ccccc2Sc2cccnc21. The van der Waals surface area contributed by atoms with Crippen molar-refractivity contribution in [2.24, 2.45) is 0 Å². The van der Waals surface area contributed by atoms with Crippen molar-refractivity contribution in [3.8, 4) is 0 Å². The van der Waals surface area contributed by atoms with Crippen LogP contribution in [0.1, 0.15) is 25.7 Å². The topological polar surface area (TPSA) is 32.3 Å². The van der Waals surface area contributed by atoms with Gasteiger partial charge in [-0.05, 0) is 61.4 Å². The van der Waals surface area contributed by atoms with E-state index in [1.165, 1.54) is 43.8 Å². The molecule has 2 aliphatic heterocycles. The largest absolute Gasteiger partial charge is 0.324 e. The van der Waals surface area contributed by atoms with Crippen molar-refractivity contribution in [1.29, 1.82) is 0 Å². The van der Waals surface area contributed by atoms with Crippen molar-refractivity contribution in [1.82, 2.24) is 9.97 Å². The van der Waals surface area contributed by atoms with Gasteiger partial charge in [0.2, 0.25) is 0 Å². The molecule has 0 unspecified atom stereocenters. The molecule has 170 valence electrons. The minimum atomic E-state index is 0.995. The van der Waals surface area contributed by atoms with Gasteiger partial charge in [0.1, 0.15) is 11.6 Å². The average Bonchev–Trinajstić information content (AvgIpc) is 2.89. The minimum Gasteiger partial charge on any atom is -0.324 e. The van der Waals surface area contributed by atoms with E-state index >= 15 is 0 Å². The summed E-state index contributed by atoms with van der Waals surface area (Å²) >= 11 is 3.64. The van der Waals surface area contributed by atoms with Crippen molar-refractivity contribution in [2.45, 2.75) is 45.3 Å². The zero-order valence-corrected chi connectivity index (χ0v) is 20.6. The molecule has 6 heteroatoms. The molecule has 0 atom stereocenters. The highest BCUT2D eigenvalue weighted by Crippen LogP contribution is 2.48. The number of aromatic nitrogens is 2. The number of benzene rings is 2. The summed E-state index contributed by atoms with van der Waals surface area (Å²) in [6.07, 6.45) is 8.51. The molecule has 0 fully saturated rings. The van der Waals surface area contributed by atoms with Gasteiger partial charge >= 0.3 is 0 Å². The molecular formula is C28H26N4S2. The van der Waals surface area contributed by atoms with Gasteiger partial charge < -0.3 is 9.80 Å². The van der Waals surface area contributed by atoms with Crippen LogP contribution < -0.4 is 9.80 Å². The number of hydrogen-bond acceptors (Lipinski definition) is 6. The lowest BCUT2D eigenvalue weighted by Gasteiger charge is -2.32. The van der Waals surface area contributed by atoms with Gasteiger partial charge in [0, 0.05) is 35.3 Å². The summed E-state index contributed by atoms with van der Waals surface area (Å²) in [4.78, 5) is 19.3. The van der Waals surface area contributed by atoms with Gasteiger partial charge in [0.05, 0.1) is 21.2 Å². The molecule has 4 nitrogen and oxygen atoms in total. The second-order valence-electron chi connectivity index (χ2n) is 8.51. The molecule has 2 aliphatic rings. The molecule has 0 aliphatic carbocycles. The number of pyridine rings is 2. The zero-order valence-electron chi connectivity index (χ0n) is 18.9. The zero-order chi connectivity index (χ0) is 22.7. The quantitative estimate of drug-likeness (QED) is 0.249. The van der Waals surface area contributed by atoms with Crippen LogP contribution in [0.3, 0.4) is 0 Å². The fraction of sp³-hybridized carbons (Fsp3) is 0.214. The first-order valence-electron chi connectivity index (χ1n) is 11.9. The Morgan fingerprint density at radius 1 is 0.500 bits per heavy atom. The molecule has 0 saturated heterocycles. The second kappa shape index (κ2) is 9.72. The third-order valence-electron chi connectivity index (χ3n) is 6.28. The smallest absolute Gasteiger partial charge is 0.147 e. The van der Waals surface area contributed by atoms with Crippen molar-refractivity contribution in [3.63, 3.8) is 0 Å². The maximum Gasteiger partial charge on any atom is 0.147 e. The number of nitrogens with zero attached hydrogens (tertiary/aromatic N) is 4. The number of unbranched alkanes of at least 4 members (excludes halogenated alkanes) is 3. The summed E-state index contributed by atoms with van der Waals surface area (Å²) in [5.41, 5.74) is 2.56. The van der Waals surface area contributed by atoms with E-state index in [0.29, 0.717) is 0 Å². The summed E-state index contributed by atoms with van der Waals surface area (Å²) in [5, 5.41) is 0. The third kappa shape index (κ3) is 4.17. The molecule has 4 aromatic rings. The van der Waals surface area contributed by atoms with Crippen LogP contribution in [0.25, 0.3) is 0 Å². The van der Waals surface area contributed by atoms with E-state index in [1.54, 1.807) is 0 Å². The molecule has 0 saturated carbocycles. The summed E-state index contributed by atoms with van der Waals surface area (Å²) in [7, 11) is 0. The van der Waals surface area contributed by atoms with Crippen LogP contribution in [-0.2, 0) is 0 Å². The van der Waals surface area contributed by atoms with Gasteiger partial charge in [-0.2, -0.15) is 0 Å². The number of para-hydroxylation sites is 2. The van der Waals surface area contributed by atoms with Gasteiger partial charge in [-0.1, -0.05) is 60.6 Å². The molecule has 4 heterocycles. The highest BCUT2D eigenvalue weighted by atomic mass is 32.2. The summed E-state index contributed by atoms with van der Waals surface area (Å²) < 4.78 is 0. The van der Waals surface area contributed by atoms with Crippen LogP contribution in [0.2, 0.25) is 0 Å². The maximum atomic E-state index is 4.71. The van der Waals surface area contributed by atoms with E-state index < -0.39 is 0 Å². The number of hydrogen-bond donors (Lipinski definition) is 0. The lowest BCUT2D eigenvalue weighted by molar-refractivity contribution is 0.637. The van der Waals surface area contributed by atoms with Crippen LogP contribution in [0.15, 0.2) is 105 Å². The van der Waals surface area contributed by atoms with Crippen LogP contribution >= 0.6 is 23.5 Å². The van der Waals surface area contributed by atoms with Gasteiger partial charge in [-0.15, -0.1) is 0 Å². The Bertz CT molecular complexity index is 1120. The van der Waals surface area contributed by atoms with Gasteiger partial charge in [0.15, 0.2) is 0 Å². The van der Waals surface area contributed by atoms with Crippen molar-refractivity contribution in [2.75, 3.05) is 22.9 Å². The molecule has 34 heavy (non-hydrogen) atoms. The van der Waals surface area contributed by atoms with Crippen LogP contribution in [0.5, 0.6) is 0 Å². The van der Waals surface area contributed by atoms with E-state index in [-0.39, 0.29) is 0 Å². The first-order chi connectivity index (χ1) is 16.9. The van der Waals surface area contributed by atoms with Crippen LogP contribution in [-0.4, -0.2) is 23.1 Å². The Balaban J connectivity index is 1.08. The standard InChI is InChI=1S/C28H26N4S2/c1(7-19-31-21-11-3-5-13-23(21)33-25-15-9-17-29-27(25)31)2-8-20-32-22-12-4-6-14-24(22)34-26-16-10-18-30-28(26)32/h3-6,9-18H,1-2,7-8,19-20H2. The Kier molecular flexibility index (Phi) is 6.17. The van der Waals surface area contributed by atoms with Crippen molar-refractivity contribution < 1.29 is 0 Å². The van der Waals surface area contributed by atoms with E-state index in [0.717, 1.165) is 37.6 Å². The Labute approximate surface area is 209 Å². The van der Waals surface area contributed by atoms with Gasteiger partial charge in [-0.25, -0.2) is 9.97 Å². The van der Waals surface area contributed by atoms with E-state index in [4.69, 9.17) is 9.97 Å². The van der Waals surface area contributed by atoms with Gasteiger partial charge in [0.25, 0.3) is 0 Å². The molecule has 2 aromatic carbocycles. The number of rotatable bonds is 7. The molecule has 6 rings (SSSR count). The summed E-state index contributed by atoms with van der Waals surface area (Å²) in [6.45, 7) is 1.99. The summed E-state index contributed by atoms with van der Waals surface area (Å²) in [5.74, 6) is 2.19. The lowest BCUT2D eigenvalue weighted by Crippen LogP contribution is -2.24. The van der Waals surface area contributed by atoms with Crippen LogP contribution in [0.4, 0.5) is 23.0 Å². The predicted molar refractivity (Wildman–Crippen MR) is 142 cm³/mol. The van der Waals surface area contributed by atoms with Gasteiger partial charge in [-0.3, -0.25) is 0 Å². The lowest BCUT2D eigenvalue weighted by atomic mass is 10.1.